The Morgan fingerprint density at radius 1 is 0.882 bits per heavy atom. The van der Waals surface area contributed by atoms with Gasteiger partial charge < -0.3 is 34.7 Å². The van der Waals surface area contributed by atoms with Gasteiger partial charge in [0.1, 0.15) is 6.04 Å². The molecule has 11 heteroatoms. The number of carbonyl (C=O) groups excluding carboxylic acids is 2. The second-order valence-corrected chi connectivity index (χ2v) is 7.29. The highest BCUT2D eigenvalue weighted by Gasteiger charge is 2.20. The second-order valence-electron chi connectivity index (χ2n) is 7.29. The summed E-state index contributed by atoms with van der Waals surface area (Å²) in [6.45, 7) is 16.7. The Hall–Kier alpha value is -2.60. The lowest BCUT2D eigenvalue weighted by Gasteiger charge is -2.13. The van der Waals surface area contributed by atoms with Gasteiger partial charge in [0, 0.05) is 19.9 Å². The zero-order valence-electron chi connectivity index (χ0n) is 20.1. The lowest BCUT2D eigenvalue weighted by Crippen LogP contribution is -2.40. The number of ether oxygens (including phenoxy) is 4. The molecule has 0 spiro atoms. The maximum atomic E-state index is 12.0. The zero-order valence-corrected chi connectivity index (χ0v) is 20.1. The number of carboxylic acids is 1. The first-order valence-electron chi connectivity index (χ1n) is 11.1. The Bertz CT molecular complexity index is 654. The molecule has 0 aromatic carbocycles. The lowest BCUT2D eigenvalue weighted by molar-refractivity contribution is -0.141. The number of hydrogen-bond acceptors (Lipinski definition) is 9. The minimum absolute atomic E-state index is 0.0107. The van der Waals surface area contributed by atoms with Crippen LogP contribution in [0.25, 0.3) is 0 Å². The van der Waals surface area contributed by atoms with Crippen LogP contribution in [-0.2, 0) is 33.3 Å². The maximum Gasteiger partial charge on any atom is 0.326 e. The van der Waals surface area contributed by atoms with Crippen molar-refractivity contribution in [3.8, 4) is 0 Å². The van der Waals surface area contributed by atoms with Gasteiger partial charge in [-0.05, 0) is 19.6 Å². The first kappa shape index (κ1) is 31.4. The largest absolute Gasteiger partial charge is 0.480 e. The fourth-order valence-corrected chi connectivity index (χ4v) is 2.52. The van der Waals surface area contributed by atoms with Gasteiger partial charge in [0.05, 0.1) is 65.1 Å². The zero-order chi connectivity index (χ0) is 25.6. The molecule has 0 aliphatic rings. The quantitative estimate of drug-likeness (QED) is 0.0780. The van der Waals surface area contributed by atoms with Gasteiger partial charge in [0.25, 0.3) is 0 Å². The number of allylic oxidation sites excluding steroid dienone is 1. The summed E-state index contributed by atoms with van der Waals surface area (Å²) in [6, 6.07) is -1.10. The summed E-state index contributed by atoms with van der Waals surface area (Å²) in [6.07, 6.45) is 0.702. The normalized spacial score (nSPS) is 11.4. The number of aliphatic carboxylic acids is 1. The molecule has 0 heterocycles. The maximum absolute atomic E-state index is 12.0. The van der Waals surface area contributed by atoms with E-state index in [1.165, 1.54) is 6.92 Å². The molecule has 0 aliphatic carbocycles. The van der Waals surface area contributed by atoms with Crippen LogP contribution in [0.3, 0.4) is 0 Å². The lowest BCUT2D eigenvalue weighted by atomic mass is 10.1. The molecular formula is C23H39N3O8. The van der Waals surface area contributed by atoms with Gasteiger partial charge in [-0.15, -0.1) is 0 Å². The van der Waals surface area contributed by atoms with Crippen LogP contribution < -0.4 is 10.6 Å². The van der Waals surface area contributed by atoms with Crippen molar-refractivity contribution < 1.29 is 38.4 Å². The van der Waals surface area contributed by atoms with Crippen LogP contribution in [0.15, 0.2) is 29.4 Å². The standard InChI is InChI=1S/C23H39N3O8/c1-18(17-24-4)7-9-31-11-13-33-15-16-34-14-12-32-10-8-25-19(2)22(28)6-5-21(23(29)30)26-20(3)27/h21,25H,1-2,4-17H2,3H3,(H,26,27)(H,29,30). The van der Waals surface area contributed by atoms with Crippen molar-refractivity contribution in [1.82, 2.24) is 10.6 Å². The Kier molecular flexibility index (Phi) is 19.4. The molecule has 0 aliphatic heterocycles. The molecule has 0 aromatic heterocycles. The molecule has 0 rings (SSSR count). The Morgan fingerprint density at radius 2 is 1.41 bits per heavy atom. The van der Waals surface area contributed by atoms with Gasteiger partial charge >= 0.3 is 5.97 Å². The Morgan fingerprint density at radius 3 is 1.91 bits per heavy atom. The number of amides is 1. The third-order valence-electron chi connectivity index (χ3n) is 4.31. The van der Waals surface area contributed by atoms with Crippen molar-refractivity contribution in [2.45, 2.75) is 32.2 Å². The number of aliphatic imine (C=N–C) groups is 1. The van der Waals surface area contributed by atoms with E-state index >= 15 is 0 Å². The summed E-state index contributed by atoms with van der Waals surface area (Å²) >= 11 is 0. The van der Waals surface area contributed by atoms with E-state index < -0.39 is 17.9 Å². The van der Waals surface area contributed by atoms with Crippen LogP contribution in [-0.4, -0.2) is 101 Å². The van der Waals surface area contributed by atoms with Gasteiger partial charge in [-0.2, -0.15) is 0 Å². The van der Waals surface area contributed by atoms with Gasteiger partial charge in [-0.25, -0.2) is 4.79 Å². The number of carbonyl (C=O) groups is 3. The first-order chi connectivity index (χ1) is 16.3. The Balaban J connectivity index is 3.53. The van der Waals surface area contributed by atoms with Crippen LogP contribution in [0.2, 0.25) is 0 Å². The van der Waals surface area contributed by atoms with Crippen molar-refractivity contribution in [2.75, 3.05) is 65.9 Å². The molecule has 1 amide bonds. The summed E-state index contributed by atoms with van der Waals surface area (Å²) in [7, 11) is 0. The van der Waals surface area contributed by atoms with Crippen LogP contribution in [0.5, 0.6) is 0 Å². The smallest absolute Gasteiger partial charge is 0.326 e. The van der Waals surface area contributed by atoms with Crippen molar-refractivity contribution in [3.05, 3.63) is 24.4 Å². The van der Waals surface area contributed by atoms with E-state index in [-0.39, 0.29) is 24.3 Å². The van der Waals surface area contributed by atoms with E-state index in [2.05, 4.69) is 35.5 Å². The number of nitrogens with one attached hydrogen (secondary N) is 2. The number of carboxylic acid groups (broad SMARTS) is 1. The second kappa shape index (κ2) is 21.0. The van der Waals surface area contributed by atoms with Gasteiger partial charge in [-0.1, -0.05) is 18.7 Å². The van der Waals surface area contributed by atoms with E-state index in [0.717, 1.165) is 12.0 Å². The highest BCUT2D eigenvalue weighted by atomic mass is 16.6. The topological polar surface area (TPSA) is 145 Å². The summed E-state index contributed by atoms with van der Waals surface area (Å²) < 4.78 is 21.6. The third kappa shape index (κ3) is 18.9. The van der Waals surface area contributed by atoms with Crippen molar-refractivity contribution in [1.29, 1.82) is 0 Å². The molecule has 11 nitrogen and oxygen atoms in total. The molecule has 3 N–H and O–H groups in total. The van der Waals surface area contributed by atoms with Gasteiger partial charge in [0.15, 0.2) is 5.78 Å². The predicted octanol–water partition coefficient (Wildman–Crippen LogP) is 0.742. The molecule has 194 valence electrons. The third-order valence-corrected chi connectivity index (χ3v) is 4.31. The van der Waals surface area contributed by atoms with Crippen molar-refractivity contribution in [2.24, 2.45) is 4.99 Å². The fourth-order valence-electron chi connectivity index (χ4n) is 2.52. The van der Waals surface area contributed by atoms with Crippen LogP contribution in [0.4, 0.5) is 0 Å². The Labute approximate surface area is 201 Å². The van der Waals surface area contributed by atoms with E-state index in [0.29, 0.717) is 65.9 Å². The summed E-state index contributed by atoms with van der Waals surface area (Å²) in [4.78, 5) is 37.8. The molecule has 1 unspecified atom stereocenters. The number of ketones is 1. The van der Waals surface area contributed by atoms with Crippen molar-refractivity contribution in [3.63, 3.8) is 0 Å². The highest BCUT2D eigenvalue weighted by molar-refractivity contribution is 5.94. The highest BCUT2D eigenvalue weighted by Crippen LogP contribution is 2.03. The molecular weight excluding hydrogens is 446 g/mol. The van der Waals surface area contributed by atoms with Crippen LogP contribution in [0.1, 0.15) is 26.2 Å². The molecule has 34 heavy (non-hydrogen) atoms. The number of hydrogen-bond donors (Lipinski definition) is 3. The summed E-state index contributed by atoms with van der Waals surface area (Å²) in [5.41, 5.74) is 1.17. The molecule has 0 aromatic rings. The first-order valence-corrected chi connectivity index (χ1v) is 11.1. The molecule has 0 bridgehead atoms. The van der Waals surface area contributed by atoms with E-state index in [1.807, 2.05) is 0 Å². The van der Waals surface area contributed by atoms with E-state index in [1.54, 1.807) is 0 Å². The van der Waals surface area contributed by atoms with E-state index in [4.69, 9.17) is 24.1 Å². The fraction of sp³-hybridized carbons (Fsp3) is 0.652. The molecule has 0 radical (unpaired) electrons. The van der Waals surface area contributed by atoms with Gasteiger partial charge in [0.2, 0.25) is 5.91 Å². The average Bonchev–Trinajstić information content (AvgIpc) is 2.78. The minimum atomic E-state index is -1.19. The molecule has 1 atom stereocenters. The van der Waals surface area contributed by atoms with Gasteiger partial charge in [-0.3, -0.25) is 14.6 Å². The number of rotatable bonds is 24. The summed E-state index contributed by atoms with van der Waals surface area (Å²) in [5, 5.41) is 14.2. The monoisotopic (exact) mass is 485 g/mol. The molecule has 0 saturated carbocycles. The van der Waals surface area contributed by atoms with E-state index in [9.17, 15) is 14.4 Å². The number of nitrogens with zero attached hydrogens (tertiary/aromatic N) is 1. The predicted molar refractivity (Wildman–Crippen MR) is 128 cm³/mol. The number of Topliss-reactive ketones (excluding diaryl/α,β-unsaturated/α-hetero) is 1. The minimum Gasteiger partial charge on any atom is -0.480 e. The van der Waals surface area contributed by atoms with Crippen LogP contribution in [0, 0.1) is 0 Å². The van der Waals surface area contributed by atoms with Crippen molar-refractivity contribution >= 4 is 24.4 Å². The average molecular weight is 486 g/mol. The molecule has 0 saturated heterocycles. The molecule has 0 fully saturated rings. The SMILES string of the molecule is C=NCC(=C)CCOCCOCCOCCOCCNC(=C)C(=O)CCC(NC(C)=O)C(=O)O. The summed E-state index contributed by atoms with van der Waals surface area (Å²) in [5.74, 6) is -1.97. The van der Waals surface area contributed by atoms with Crippen LogP contribution >= 0.6 is 0 Å².